The lowest BCUT2D eigenvalue weighted by atomic mass is 9.90. The molecule has 0 aliphatic carbocycles. The summed E-state index contributed by atoms with van der Waals surface area (Å²) in [5, 5.41) is 10.7. The van der Waals surface area contributed by atoms with E-state index in [2.05, 4.69) is 5.16 Å². The third-order valence-corrected chi connectivity index (χ3v) is 6.77. The van der Waals surface area contributed by atoms with E-state index in [1.807, 2.05) is 42.2 Å². The van der Waals surface area contributed by atoms with Crippen LogP contribution in [0.1, 0.15) is 23.1 Å². The first-order chi connectivity index (χ1) is 14.2. The van der Waals surface area contributed by atoms with Gasteiger partial charge in [-0.2, -0.15) is 4.31 Å². The lowest BCUT2D eigenvalue weighted by molar-refractivity contribution is -0.130. The van der Waals surface area contributed by atoms with E-state index in [0.29, 0.717) is 25.4 Å². The molecular formula is C20H25N3O6S. The number of aryl methyl sites for hydroxylation is 1. The quantitative estimate of drug-likeness (QED) is 0.719. The molecule has 10 heteroatoms. The Morgan fingerprint density at radius 1 is 1.27 bits per heavy atom. The first kappa shape index (κ1) is 22.0. The molecule has 2 aromatic rings. The van der Waals surface area contributed by atoms with Crippen LogP contribution in [0.2, 0.25) is 0 Å². The molecule has 1 N–H and O–H groups in total. The van der Waals surface area contributed by atoms with Gasteiger partial charge >= 0.3 is 0 Å². The van der Waals surface area contributed by atoms with Crippen LogP contribution in [0.3, 0.4) is 0 Å². The van der Waals surface area contributed by atoms with Crippen LogP contribution in [0, 0.1) is 18.8 Å². The number of hydrogen-bond donors (Lipinski definition) is 1. The molecule has 9 nitrogen and oxygen atoms in total. The topological polar surface area (TPSA) is 121 Å². The molecular weight excluding hydrogens is 410 g/mol. The van der Waals surface area contributed by atoms with Crippen molar-refractivity contribution >= 4 is 22.4 Å². The Morgan fingerprint density at radius 3 is 2.50 bits per heavy atom. The van der Waals surface area contributed by atoms with E-state index in [1.165, 1.54) is 6.26 Å². The van der Waals surface area contributed by atoms with Gasteiger partial charge in [-0.1, -0.05) is 35.5 Å². The van der Waals surface area contributed by atoms with E-state index in [0.717, 1.165) is 11.3 Å². The molecule has 1 aromatic heterocycles. The highest BCUT2D eigenvalue weighted by Gasteiger charge is 2.51. The van der Waals surface area contributed by atoms with Gasteiger partial charge in [0.05, 0.1) is 24.4 Å². The van der Waals surface area contributed by atoms with Crippen LogP contribution in [0.25, 0.3) is 0 Å². The molecule has 0 bridgehead atoms. The fourth-order valence-corrected chi connectivity index (χ4v) is 5.53. The van der Waals surface area contributed by atoms with Gasteiger partial charge in [-0.3, -0.25) is 9.59 Å². The minimum Gasteiger partial charge on any atom is -0.483 e. The average molecular weight is 436 g/mol. The summed E-state index contributed by atoms with van der Waals surface area (Å²) in [6.45, 7) is 3.16. The van der Waals surface area contributed by atoms with Crippen molar-refractivity contribution in [3.63, 3.8) is 0 Å². The van der Waals surface area contributed by atoms with Gasteiger partial charge < -0.3 is 14.5 Å². The molecule has 0 radical (unpaired) electrons. The summed E-state index contributed by atoms with van der Waals surface area (Å²) in [5.41, 5.74) is 1.74. The number of rotatable bonds is 4. The molecule has 0 saturated carbocycles. The van der Waals surface area contributed by atoms with Crippen LogP contribution >= 0.6 is 0 Å². The molecule has 2 aliphatic rings. The molecule has 30 heavy (non-hydrogen) atoms. The van der Waals surface area contributed by atoms with Crippen molar-refractivity contribution in [2.24, 2.45) is 11.8 Å². The number of hydrogen-bond acceptors (Lipinski definition) is 6. The maximum absolute atomic E-state index is 12.7. The maximum Gasteiger partial charge on any atom is 0.290 e. The molecule has 3 heterocycles. The van der Waals surface area contributed by atoms with Crippen molar-refractivity contribution in [1.29, 1.82) is 0 Å². The number of benzene rings is 1. The van der Waals surface area contributed by atoms with Crippen molar-refractivity contribution in [2.75, 3.05) is 25.9 Å². The molecule has 0 unspecified atom stereocenters. The molecule has 2 aliphatic heterocycles. The van der Waals surface area contributed by atoms with Crippen molar-refractivity contribution in [1.82, 2.24) is 14.4 Å². The van der Waals surface area contributed by atoms with E-state index < -0.39 is 10.0 Å². The predicted octanol–water partition coefficient (Wildman–Crippen LogP) is 1.32. The highest BCUT2D eigenvalue weighted by Crippen LogP contribution is 2.46. The lowest BCUT2D eigenvalue weighted by Crippen LogP contribution is -2.37. The molecule has 162 valence electrons. The van der Waals surface area contributed by atoms with Crippen LogP contribution in [0.15, 0.2) is 40.9 Å². The zero-order chi connectivity index (χ0) is 21.9. The summed E-state index contributed by atoms with van der Waals surface area (Å²) in [5.74, 6) is 0.804. The Morgan fingerprint density at radius 2 is 1.93 bits per heavy atom. The third-order valence-electron chi connectivity index (χ3n) is 5.54. The van der Waals surface area contributed by atoms with E-state index in [1.54, 1.807) is 10.4 Å². The minimum absolute atomic E-state index is 0.00160. The van der Waals surface area contributed by atoms with Crippen LogP contribution in [0.5, 0.6) is 0 Å². The highest BCUT2D eigenvalue weighted by atomic mass is 32.2. The summed E-state index contributed by atoms with van der Waals surface area (Å²) in [7, 11) is -3.32. The Hall–Kier alpha value is -2.72. The number of amides is 1. The zero-order valence-corrected chi connectivity index (χ0v) is 17.7. The van der Waals surface area contributed by atoms with Crippen molar-refractivity contribution in [3.8, 4) is 0 Å². The smallest absolute Gasteiger partial charge is 0.290 e. The first-order valence-electron chi connectivity index (χ1n) is 9.54. The normalized spacial score (nSPS) is 23.5. The number of sulfonamides is 1. The van der Waals surface area contributed by atoms with E-state index in [9.17, 15) is 13.2 Å². The summed E-state index contributed by atoms with van der Waals surface area (Å²) in [6, 6.07) is 11.2. The van der Waals surface area contributed by atoms with Gasteiger partial charge in [0.25, 0.3) is 6.47 Å². The maximum atomic E-state index is 12.7. The average Bonchev–Trinajstić information content (AvgIpc) is 3.36. The van der Waals surface area contributed by atoms with Crippen LogP contribution in [-0.4, -0.2) is 66.2 Å². The molecule has 1 amide bonds. The van der Waals surface area contributed by atoms with Gasteiger partial charge in [-0.25, -0.2) is 8.42 Å². The Bertz CT molecular complexity index is 991. The van der Waals surface area contributed by atoms with Crippen molar-refractivity contribution in [3.05, 3.63) is 53.4 Å². The fourth-order valence-electron chi connectivity index (χ4n) is 4.38. The largest absolute Gasteiger partial charge is 0.483 e. The summed E-state index contributed by atoms with van der Waals surface area (Å²) < 4.78 is 31.4. The summed E-state index contributed by atoms with van der Waals surface area (Å²) in [4.78, 5) is 22.9. The molecule has 4 rings (SSSR count). The van der Waals surface area contributed by atoms with Crippen molar-refractivity contribution < 1.29 is 27.6 Å². The van der Waals surface area contributed by atoms with Gasteiger partial charge in [0.2, 0.25) is 15.9 Å². The second-order valence-corrected chi connectivity index (χ2v) is 9.56. The second kappa shape index (κ2) is 8.97. The minimum atomic E-state index is -3.32. The zero-order valence-electron chi connectivity index (χ0n) is 16.8. The molecule has 2 fully saturated rings. The molecule has 0 spiro atoms. The number of aromatic nitrogens is 1. The van der Waals surface area contributed by atoms with Gasteiger partial charge in [0, 0.05) is 31.6 Å². The predicted molar refractivity (Wildman–Crippen MR) is 108 cm³/mol. The molecule has 2 saturated heterocycles. The van der Waals surface area contributed by atoms with Crippen LogP contribution in [-0.2, 0) is 26.0 Å². The van der Waals surface area contributed by atoms with Crippen LogP contribution in [0.4, 0.5) is 0 Å². The van der Waals surface area contributed by atoms with Gasteiger partial charge in [0.1, 0.15) is 5.76 Å². The Kier molecular flexibility index (Phi) is 6.57. The number of carboxylic acid groups (broad SMARTS) is 1. The fraction of sp³-hybridized carbons (Fsp3) is 0.450. The van der Waals surface area contributed by atoms with E-state index in [-0.39, 0.29) is 36.7 Å². The third kappa shape index (κ3) is 4.71. The van der Waals surface area contributed by atoms with Crippen LogP contribution < -0.4 is 0 Å². The first-order valence-corrected chi connectivity index (χ1v) is 11.4. The second-order valence-electron chi connectivity index (χ2n) is 7.63. The number of likely N-dealkylation sites (tertiary alicyclic amines) is 1. The summed E-state index contributed by atoms with van der Waals surface area (Å²) in [6.07, 6.45) is 1.45. The highest BCUT2D eigenvalue weighted by molar-refractivity contribution is 7.88. The number of nitrogens with zero attached hydrogens (tertiary/aromatic N) is 3. The van der Waals surface area contributed by atoms with E-state index >= 15 is 0 Å². The van der Waals surface area contributed by atoms with Gasteiger partial charge in [-0.05, 0) is 18.4 Å². The molecule has 1 aromatic carbocycles. The molecule has 3 atom stereocenters. The van der Waals surface area contributed by atoms with Gasteiger partial charge in [-0.15, -0.1) is 0 Å². The van der Waals surface area contributed by atoms with Gasteiger partial charge in [0.15, 0.2) is 0 Å². The Balaban J connectivity index is 0.000000806. The number of carbonyl (C=O) groups excluding carboxylic acids is 1. The SMILES string of the molecule is Cc1cc(CC(=O)N2C[C@@H]3CN(S(C)(=O)=O)[C@@H](c4ccccc4)[C@@H]3C2)on1.O=CO. The lowest BCUT2D eigenvalue weighted by Gasteiger charge is -2.28. The monoisotopic (exact) mass is 435 g/mol. The standard InChI is InChI=1S/C19H23N3O4S.CH2O2/c1-13-8-16(26-20-13)9-18(23)21-10-15-11-22(27(2,24)25)19(17(15)12-21)14-6-4-3-5-7-14;2-1-3/h3-8,15,17,19H,9-12H2,1-2H3;1H,(H,2,3)/t15-,17-,19+;/m1./s1. The number of fused-ring (bicyclic) bond motifs is 1. The number of carbonyl (C=O) groups is 2. The Labute approximate surface area is 175 Å². The van der Waals surface area contributed by atoms with Crippen molar-refractivity contribution in [2.45, 2.75) is 19.4 Å². The van der Waals surface area contributed by atoms with E-state index in [4.69, 9.17) is 14.4 Å². The summed E-state index contributed by atoms with van der Waals surface area (Å²) >= 11 is 0.